The van der Waals surface area contributed by atoms with Crippen LogP contribution in [0.2, 0.25) is 0 Å². The van der Waals surface area contributed by atoms with Crippen LogP contribution in [-0.4, -0.2) is 6.54 Å². The molecule has 1 saturated heterocycles. The van der Waals surface area contributed by atoms with Crippen LogP contribution in [0.15, 0.2) is 54.6 Å². The van der Waals surface area contributed by atoms with Gasteiger partial charge in [-0.3, -0.25) is 0 Å². The molecule has 18 heavy (non-hydrogen) atoms. The molecule has 1 fully saturated rings. The van der Waals surface area contributed by atoms with E-state index in [0.29, 0.717) is 12.0 Å². The summed E-state index contributed by atoms with van der Waals surface area (Å²) in [5.41, 5.74) is 4.21. The van der Waals surface area contributed by atoms with Crippen LogP contribution in [0.25, 0.3) is 0 Å². The van der Waals surface area contributed by atoms with Gasteiger partial charge in [0.1, 0.15) is 0 Å². The Kier molecular flexibility index (Phi) is 3.16. The Labute approximate surface area is 109 Å². The first-order valence-corrected chi connectivity index (χ1v) is 6.69. The van der Waals surface area contributed by atoms with Crippen LogP contribution >= 0.6 is 0 Å². The standard InChI is InChI=1S/C17H19N/c1-13-6-5-9-15(12-13)17-16(10-11-18-17)14-7-3-2-4-8-14/h2-9,12,16-18H,10-11H2,1H3. The molecular weight excluding hydrogens is 218 g/mol. The average Bonchev–Trinajstić information content (AvgIpc) is 2.89. The smallest absolute Gasteiger partial charge is 0.0390 e. The highest BCUT2D eigenvalue weighted by Crippen LogP contribution is 2.37. The predicted octanol–water partition coefficient (Wildman–Crippen LogP) is 3.81. The minimum Gasteiger partial charge on any atom is -0.309 e. The highest BCUT2D eigenvalue weighted by Gasteiger charge is 2.29. The van der Waals surface area contributed by atoms with Crippen LogP contribution in [-0.2, 0) is 0 Å². The molecule has 0 saturated carbocycles. The Morgan fingerprint density at radius 2 is 1.72 bits per heavy atom. The number of benzene rings is 2. The summed E-state index contributed by atoms with van der Waals surface area (Å²) in [7, 11) is 0. The maximum absolute atomic E-state index is 3.65. The lowest BCUT2D eigenvalue weighted by molar-refractivity contribution is 0.577. The van der Waals surface area contributed by atoms with Crippen molar-refractivity contribution in [1.29, 1.82) is 0 Å². The Hall–Kier alpha value is -1.60. The number of aryl methyl sites for hydroxylation is 1. The van der Waals surface area contributed by atoms with E-state index in [1.165, 1.54) is 23.1 Å². The van der Waals surface area contributed by atoms with Gasteiger partial charge in [-0.1, -0.05) is 60.2 Å². The predicted molar refractivity (Wildman–Crippen MR) is 75.7 cm³/mol. The quantitative estimate of drug-likeness (QED) is 0.837. The van der Waals surface area contributed by atoms with Crippen molar-refractivity contribution in [1.82, 2.24) is 5.32 Å². The van der Waals surface area contributed by atoms with Crippen molar-refractivity contribution in [2.45, 2.75) is 25.3 Å². The highest BCUT2D eigenvalue weighted by atomic mass is 15.0. The third-order valence-electron chi connectivity index (χ3n) is 3.85. The second-order valence-corrected chi connectivity index (χ2v) is 5.15. The zero-order valence-electron chi connectivity index (χ0n) is 10.8. The molecule has 2 atom stereocenters. The van der Waals surface area contributed by atoms with Gasteiger partial charge in [-0.05, 0) is 31.0 Å². The number of hydrogen-bond acceptors (Lipinski definition) is 1. The summed E-state index contributed by atoms with van der Waals surface area (Å²) in [6.45, 7) is 3.27. The minimum atomic E-state index is 0.465. The van der Waals surface area contributed by atoms with Gasteiger partial charge in [-0.2, -0.15) is 0 Å². The maximum Gasteiger partial charge on any atom is 0.0390 e. The second kappa shape index (κ2) is 4.95. The molecule has 1 heterocycles. The van der Waals surface area contributed by atoms with Gasteiger partial charge in [0.2, 0.25) is 0 Å². The summed E-state index contributed by atoms with van der Waals surface area (Å²) < 4.78 is 0. The fraction of sp³-hybridized carbons (Fsp3) is 0.294. The van der Waals surface area contributed by atoms with Crippen molar-refractivity contribution in [2.24, 2.45) is 0 Å². The van der Waals surface area contributed by atoms with Crippen LogP contribution < -0.4 is 5.32 Å². The van der Waals surface area contributed by atoms with Crippen LogP contribution in [0.4, 0.5) is 0 Å². The molecular formula is C17H19N. The zero-order chi connectivity index (χ0) is 12.4. The van der Waals surface area contributed by atoms with Crippen LogP contribution in [0, 0.1) is 6.92 Å². The topological polar surface area (TPSA) is 12.0 Å². The molecule has 92 valence electrons. The van der Waals surface area contributed by atoms with Crippen molar-refractivity contribution in [3.05, 3.63) is 71.3 Å². The molecule has 3 rings (SSSR count). The van der Waals surface area contributed by atoms with Crippen molar-refractivity contribution in [3.63, 3.8) is 0 Å². The van der Waals surface area contributed by atoms with Gasteiger partial charge < -0.3 is 5.32 Å². The molecule has 2 unspecified atom stereocenters. The second-order valence-electron chi connectivity index (χ2n) is 5.15. The van der Waals surface area contributed by atoms with Gasteiger partial charge in [0.15, 0.2) is 0 Å². The molecule has 1 aliphatic heterocycles. The van der Waals surface area contributed by atoms with E-state index in [2.05, 4.69) is 66.8 Å². The van der Waals surface area contributed by atoms with E-state index in [9.17, 15) is 0 Å². The largest absolute Gasteiger partial charge is 0.309 e. The van der Waals surface area contributed by atoms with E-state index in [1.54, 1.807) is 0 Å². The lowest BCUT2D eigenvalue weighted by Crippen LogP contribution is -2.17. The van der Waals surface area contributed by atoms with Crippen LogP contribution in [0.1, 0.15) is 35.1 Å². The Morgan fingerprint density at radius 3 is 2.50 bits per heavy atom. The zero-order valence-corrected chi connectivity index (χ0v) is 10.8. The number of nitrogens with one attached hydrogen (secondary N) is 1. The van der Waals surface area contributed by atoms with Crippen molar-refractivity contribution >= 4 is 0 Å². The van der Waals surface area contributed by atoms with Crippen molar-refractivity contribution < 1.29 is 0 Å². The molecule has 2 aromatic carbocycles. The van der Waals surface area contributed by atoms with Crippen LogP contribution in [0.3, 0.4) is 0 Å². The van der Waals surface area contributed by atoms with Gasteiger partial charge in [0.25, 0.3) is 0 Å². The van der Waals surface area contributed by atoms with Crippen molar-refractivity contribution in [3.8, 4) is 0 Å². The SMILES string of the molecule is Cc1cccc(C2NCCC2c2ccccc2)c1. The van der Waals surface area contributed by atoms with Gasteiger partial charge in [-0.15, -0.1) is 0 Å². The normalized spacial score (nSPS) is 23.2. The summed E-state index contributed by atoms with van der Waals surface area (Å²) in [4.78, 5) is 0. The Bertz CT molecular complexity index is 518. The third-order valence-corrected chi connectivity index (χ3v) is 3.85. The average molecular weight is 237 g/mol. The summed E-state index contributed by atoms with van der Waals surface area (Å²) in [5, 5.41) is 3.65. The maximum atomic E-state index is 3.65. The highest BCUT2D eigenvalue weighted by molar-refractivity contribution is 5.31. The summed E-state index contributed by atoms with van der Waals surface area (Å²) in [6, 6.07) is 20.2. The van der Waals surface area contributed by atoms with Gasteiger partial charge in [-0.25, -0.2) is 0 Å². The van der Waals surface area contributed by atoms with E-state index in [1.807, 2.05) is 0 Å². The third kappa shape index (κ3) is 2.19. The first kappa shape index (κ1) is 11.5. The van der Waals surface area contributed by atoms with Gasteiger partial charge in [0.05, 0.1) is 0 Å². The minimum absolute atomic E-state index is 0.465. The molecule has 1 heteroatoms. The Morgan fingerprint density at radius 1 is 0.944 bits per heavy atom. The van der Waals surface area contributed by atoms with Crippen molar-refractivity contribution in [2.75, 3.05) is 6.54 Å². The van der Waals surface area contributed by atoms with Gasteiger partial charge in [0, 0.05) is 12.0 Å². The van der Waals surface area contributed by atoms with E-state index < -0.39 is 0 Å². The van der Waals surface area contributed by atoms with E-state index in [-0.39, 0.29) is 0 Å². The molecule has 0 aromatic heterocycles. The molecule has 2 aromatic rings. The number of hydrogen-bond donors (Lipinski definition) is 1. The lowest BCUT2D eigenvalue weighted by Gasteiger charge is -2.20. The molecule has 0 spiro atoms. The van der Waals surface area contributed by atoms with E-state index >= 15 is 0 Å². The lowest BCUT2D eigenvalue weighted by atomic mass is 9.87. The van der Waals surface area contributed by atoms with Crippen LogP contribution in [0.5, 0.6) is 0 Å². The first-order chi connectivity index (χ1) is 8.84. The van der Waals surface area contributed by atoms with E-state index in [0.717, 1.165) is 6.54 Å². The fourth-order valence-electron chi connectivity index (χ4n) is 2.98. The summed E-state index contributed by atoms with van der Waals surface area (Å²) in [6.07, 6.45) is 1.22. The van der Waals surface area contributed by atoms with E-state index in [4.69, 9.17) is 0 Å². The Balaban J connectivity index is 1.92. The fourth-order valence-corrected chi connectivity index (χ4v) is 2.98. The molecule has 0 aliphatic carbocycles. The van der Waals surface area contributed by atoms with Gasteiger partial charge >= 0.3 is 0 Å². The first-order valence-electron chi connectivity index (χ1n) is 6.69. The monoisotopic (exact) mass is 237 g/mol. The summed E-state index contributed by atoms with van der Waals surface area (Å²) >= 11 is 0. The molecule has 1 aliphatic rings. The summed E-state index contributed by atoms with van der Waals surface area (Å²) in [5.74, 6) is 0.605. The molecule has 0 amide bonds. The molecule has 1 N–H and O–H groups in total. The molecule has 0 bridgehead atoms. The number of rotatable bonds is 2. The molecule has 1 nitrogen and oxygen atoms in total. The molecule has 0 radical (unpaired) electrons.